The average molecular weight is 300 g/mol. The number of aromatic nitrogens is 4. The molecule has 0 fully saturated rings. The zero-order chi connectivity index (χ0) is 13.0. The van der Waals surface area contributed by atoms with E-state index in [2.05, 4.69) is 25.6 Å². The summed E-state index contributed by atoms with van der Waals surface area (Å²) >= 11 is 4.74. The van der Waals surface area contributed by atoms with E-state index in [1.54, 1.807) is 40.9 Å². The van der Waals surface area contributed by atoms with Crippen LogP contribution in [-0.4, -0.2) is 26.4 Å². The monoisotopic (exact) mass is 300 g/mol. The van der Waals surface area contributed by atoms with Crippen molar-refractivity contribution in [1.29, 1.82) is 0 Å². The Morgan fingerprint density at radius 3 is 2.78 bits per heavy atom. The Balaban J connectivity index is 2.03. The standard InChI is InChI=1S/C9H12N6S3/c1-5-3-6(13-10)12-7(11-5)4-17-9-15-14-8(16-2)18-9/h3H,4,10H2,1-2H3,(H,11,12,13). The lowest BCUT2D eigenvalue weighted by molar-refractivity contribution is 0.950. The van der Waals surface area contributed by atoms with Gasteiger partial charge in [0.25, 0.3) is 0 Å². The first-order chi connectivity index (χ1) is 8.71. The van der Waals surface area contributed by atoms with Gasteiger partial charge in [-0.3, -0.25) is 0 Å². The molecule has 0 aliphatic rings. The number of hydrogen-bond donors (Lipinski definition) is 2. The zero-order valence-electron chi connectivity index (χ0n) is 9.88. The van der Waals surface area contributed by atoms with Crippen molar-refractivity contribution in [2.75, 3.05) is 11.7 Å². The lowest BCUT2D eigenvalue weighted by Gasteiger charge is -2.03. The zero-order valence-corrected chi connectivity index (χ0v) is 12.3. The highest BCUT2D eigenvalue weighted by molar-refractivity contribution is 8.02. The Kier molecular flexibility index (Phi) is 4.75. The Labute approximate surface area is 117 Å². The second-order valence-electron chi connectivity index (χ2n) is 3.28. The second-order valence-corrected chi connectivity index (χ2v) is 6.54. The number of nitrogen functional groups attached to an aromatic ring is 1. The van der Waals surface area contributed by atoms with Crippen LogP contribution in [-0.2, 0) is 5.75 Å². The summed E-state index contributed by atoms with van der Waals surface area (Å²) in [6.07, 6.45) is 1.98. The van der Waals surface area contributed by atoms with Crippen molar-refractivity contribution in [3.63, 3.8) is 0 Å². The molecule has 0 aliphatic carbocycles. The normalized spacial score (nSPS) is 10.6. The molecule has 0 bridgehead atoms. The minimum absolute atomic E-state index is 0.625. The van der Waals surface area contributed by atoms with Gasteiger partial charge in [0.05, 0.1) is 5.75 Å². The number of aryl methyl sites for hydroxylation is 1. The molecule has 3 N–H and O–H groups in total. The summed E-state index contributed by atoms with van der Waals surface area (Å²) in [6, 6.07) is 1.80. The molecule has 0 aromatic carbocycles. The number of hydrogen-bond acceptors (Lipinski definition) is 9. The van der Waals surface area contributed by atoms with Crippen molar-refractivity contribution in [2.45, 2.75) is 21.4 Å². The topological polar surface area (TPSA) is 89.6 Å². The highest BCUT2D eigenvalue weighted by Gasteiger charge is 2.07. The van der Waals surface area contributed by atoms with E-state index in [0.29, 0.717) is 11.6 Å². The van der Waals surface area contributed by atoms with Crippen LogP contribution in [0.2, 0.25) is 0 Å². The quantitative estimate of drug-likeness (QED) is 0.492. The van der Waals surface area contributed by atoms with Gasteiger partial charge in [-0.15, -0.1) is 10.2 Å². The van der Waals surface area contributed by atoms with E-state index in [-0.39, 0.29) is 0 Å². The van der Waals surface area contributed by atoms with Gasteiger partial charge in [-0.05, 0) is 13.2 Å². The predicted molar refractivity (Wildman–Crippen MR) is 75.8 cm³/mol. The summed E-state index contributed by atoms with van der Waals surface area (Å²) in [5.74, 6) is 7.35. The molecule has 2 aromatic heterocycles. The molecule has 0 aliphatic heterocycles. The lowest BCUT2D eigenvalue weighted by atomic mass is 10.4. The minimum Gasteiger partial charge on any atom is -0.308 e. The molecule has 2 heterocycles. The third-order valence-electron chi connectivity index (χ3n) is 1.94. The molecule has 9 heteroatoms. The maximum atomic E-state index is 5.35. The molecule has 0 atom stereocenters. The van der Waals surface area contributed by atoms with Crippen molar-refractivity contribution < 1.29 is 0 Å². The summed E-state index contributed by atoms with van der Waals surface area (Å²) in [5.41, 5.74) is 3.42. The van der Waals surface area contributed by atoms with E-state index in [0.717, 1.165) is 20.2 Å². The molecule has 0 radical (unpaired) electrons. The van der Waals surface area contributed by atoms with Crippen LogP contribution in [0, 0.1) is 6.92 Å². The Morgan fingerprint density at radius 2 is 2.11 bits per heavy atom. The van der Waals surface area contributed by atoms with Crippen LogP contribution < -0.4 is 11.3 Å². The van der Waals surface area contributed by atoms with E-state index < -0.39 is 0 Å². The molecular weight excluding hydrogens is 288 g/mol. The minimum atomic E-state index is 0.625. The molecule has 0 unspecified atom stereocenters. The summed E-state index contributed by atoms with van der Waals surface area (Å²) in [4.78, 5) is 8.62. The fourth-order valence-corrected chi connectivity index (χ4v) is 3.53. The van der Waals surface area contributed by atoms with E-state index >= 15 is 0 Å². The third kappa shape index (κ3) is 3.55. The van der Waals surface area contributed by atoms with Gasteiger partial charge in [0.15, 0.2) is 8.68 Å². The Morgan fingerprint density at radius 1 is 1.33 bits per heavy atom. The van der Waals surface area contributed by atoms with E-state index in [4.69, 9.17) is 5.84 Å². The van der Waals surface area contributed by atoms with Crippen LogP contribution in [0.1, 0.15) is 11.5 Å². The van der Waals surface area contributed by atoms with Crippen LogP contribution in [0.4, 0.5) is 5.82 Å². The van der Waals surface area contributed by atoms with Crippen LogP contribution >= 0.6 is 34.9 Å². The van der Waals surface area contributed by atoms with E-state index in [9.17, 15) is 0 Å². The smallest absolute Gasteiger partial charge is 0.175 e. The summed E-state index contributed by atoms with van der Waals surface area (Å²) in [7, 11) is 0. The molecule has 2 rings (SSSR count). The maximum Gasteiger partial charge on any atom is 0.175 e. The molecule has 6 nitrogen and oxygen atoms in total. The molecule has 0 spiro atoms. The fourth-order valence-electron chi connectivity index (χ4n) is 1.23. The molecule has 96 valence electrons. The number of rotatable bonds is 5. The largest absolute Gasteiger partial charge is 0.308 e. The number of nitrogens with two attached hydrogens (primary N) is 1. The van der Waals surface area contributed by atoms with Gasteiger partial charge in [0, 0.05) is 11.8 Å². The van der Waals surface area contributed by atoms with Gasteiger partial charge < -0.3 is 5.43 Å². The Hall–Kier alpha value is -0.900. The first kappa shape index (κ1) is 13.5. The summed E-state index contributed by atoms with van der Waals surface area (Å²) < 4.78 is 1.89. The van der Waals surface area contributed by atoms with Crippen molar-refractivity contribution in [1.82, 2.24) is 20.2 Å². The SMILES string of the molecule is CSc1nnc(SCc2nc(C)cc(NN)n2)s1. The van der Waals surface area contributed by atoms with E-state index in [1.165, 1.54) is 0 Å². The van der Waals surface area contributed by atoms with Gasteiger partial charge in [0.2, 0.25) is 0 Å². The number of thioether (sulfide) groups is 2. The molecule has 2 aromatic rings. The van der Waals surface area contributed by atoms with Crippen molar-refractivity contribution in [3.8, 4) is 0 Å². The number of nitrogens with zero attached hydrogens (tertiary/aromatic N) is 4. The van der Waals surface area contributed by atoms with Crippen LogP contribution in [0.25, 0.3) is 0 Å². The molecule has 18 heavy (non-hydrogen) atoms. The highest BCUT2D eigenvalue weighted by Crippen LogP contribution is 2.29. The maximum absolute atomic E-state index is 5.35. The van der Waals surface area contributed by atoms with Crippen molar-refractivity contribution >= 4 is 40.7 Å². The van der Waals surface area contributed by atoms with E-state index in [1.807, 2.05) is 13.2 Å². The fraction of sp³-hybridized carbons (Fsp3) is 0.333. The molecule has 0 saturated carbocycles. The predicted octanol–water partition coefficient (Wildman–Crippen LogP) is 1.94. The first-order valence-corrected chi connectivity index (χ1v) is 8.05. The van der Waals surface area contributed by atoms with Crippen LogP contribution in [0.3, 0.4) is 0 Å². The van der Waals surface area contributed by atoms with Gasteiger partial charge >= 0.3 is 0 Å². The highest BCUT2D eigenvalue weighted by atomic mass is 32.2. The summed E-state index contributed by atoms with van der Waals surface area (Å²) in [5, 5.41) is 8.12. The van der Waals surface area contributed by atoms with Crippen LogP contribution in [0.5, 0.6) is 0 Å². The van der Waals surface area contributed by atoms with Gasteiger partial charge in [0.1, 0.15) is 11.6 Å². The van der Waals surface area contributed by atoms with Gasteiger partial charge in [-0.1, -0.05) is 34.9 Å². The number of hydrazine groups is 1. The number of anilines is 1. The lowest BCUT2D eigenvalue weighted by Crippen LogP contribution is -2.10. The molecule has 0 saturated heterocycles. The van der Waals surface area contributed by atoms with Crippen LogP contribution in [0.15, 0.2) is 14.7 Å². The first-order valence-electron chi connectivity index (χ1n) is 5.02. The van der Waals surface area contributed by atoms with Gasteiger partial charge in [-0.2, -0.15) is 0 Å². The third-order valence-corrected chi connectivity index (χ3v) is 4.96. The van der Waals surface area contributed by atoms with Crippen molar-refractivity contribution in [2.24, 2.45) is 5.84 Å². The molecular formula is C9H12N6S3. The second kappa shape index (κ2) is 6.32. The number of nitrogens with one attached hydrogen (secondary N) is 1. The average Bonchev–Trinajstić information content (AvgIpc) is 2.83. The Bertz CT molecular complexity index is 529. The summed E-state index contributed by atoms with van der Waals surface area (Å²) in [6.45, 7) is 1.91. The molecule has 0 amide bonds. The van der Waals surface area contributed by atoms with Gasteiger partial charge in [-0.25, -0.2) is 15.8 Å². The van der Waals surface area contributed by atoms with Crippen molar-refractivity contribution in [3.05, 3.63) is 17.6 Å².